The molecule has 1 aliphatic rings. The lowest BCUT2D eigenvalue weighted by Crippen LogP contribution is -2.01. The molecular weight excluding hydrogens is 260 g/mol. The van der Waals surface area contributed by atoms with Crippen LogP contribution in [0.3, 0.4) is 0 Å². The minimum atomic E-state index is -0.148. The molecule has 0 aliphatic heterocycles. The molecule has 0 saturated heterocycles. The number of allylic oxidation sites excluding steroid dienone is 1. The molecule has 0 radical (unpaired) electrons. The third kappa shape index (κ3) is 10.6. The van der Waals surface area contributed by atoms with Crippen LogP contribution >= 0.6 is 0 Å². The molecule has 2 heteroatoms. The SMILES string of the molecule is CCOC(=O)C=C1CCCCCCCCCCCCCC1. The highest BCUT2D eigenvalue weighted by Gasteiger charge is 2.04. The fourth-order valence-corrected chi connectivity index (χ4v) is 3.09. The second-order valence-electron chi connectivity index (χ2n) is 6.30. The molecule has 21 heavy (non-hydrogen) atoms. The van der Waals surface area contributed by atoms with Crippen LogP contribution in [0, 0.1) is 0 Å². The quantitative estimate of drug-likeness (QED) is 0.464. The summed E-state index contributed by atoms with van der Waals surface area (Å²) in [6.07, 6.45) is 20.1. The van der Waals surface area contributed by atoms with Crippen molar-refractivity contribution in [3.05, 3.63) is 11.6 Å². The summed E-state index contributed by atoms with van der Waals surface area (Å²) in [5.74, 6) is -0.148. The molecule has 1 saturated carbocycles. The van der Waals surface area contributed by atoms with Gasteiger partial charge in [-0.3, -0.25) is 0 Å². The van der Waals surface area contributed by atoms with E-state index in [2.05, 4.69) is 0 Å². The molecule has 0 amide bonds. The van der Waals surface area contributed by atoms with Gasteiger partial charge in [0.25, 0.3) is 0 Å². The molecule has 0 unspecified atom stereocenters. The lowest BCUT2D eigenvalue weighted by molar-refractivity contribution is -0.137. The van der Waals surface area contributed by atoms with E-state index in [0.29, 0.717) is 6.61 Å². The monoisotopic (exact) mass is 294 g/mol. The lowest BCUT2D eigenvalue weighted by Gasteiger charge is -2.08. The van der Waals surface area contributed by atoms with Crippen molar-refractivity contribution in [2.45, 2.75) is 96.8 Å². The first-order chi connectivity index (χ1) is 10.3. The van der Waals surface area contributed by atoms with Crippen LogP contribution in [0.15, 0.2) is 11.6 Å². The fraction of sp³-hybridized carbons (Fsp3) is 0.842. The molecule has 0 heterocycles. The highest BCUT2D eigenvalue weighted by Crippen LogP contribution is 2.20. The van der Waals surface area contributed by atoms with Gasteiger partial charge in [0.1, 0.15) is 0 Å². The molecule has 0 aromatic heterocycles. The zero-order valence-corrected chi connectivity index (χ0v) is 14.0. The normalized spacial score (nSPS) is 20.1. The van der Waals surface area contributed by atoms with Gasteiger partial charge in [-0.2, -0.15) is 0 Å². The fourth-order valence-electron chi connectivity index (χ4n) is 3.09. The summed E-state index contributed by atoms with van der Waals surface area (Å²) >= 11 is 0. The maximum atomic E-state index is 11.6. The average molecular weight is 294 g/mol. The van der Waals surface area contributed by atoms with E-state index in [1.54, 1.807) is 6.08 Å². The van der Waals surface area contributed by atoms with Crippen molar-refractivity contribution in [2.75, 3.05) is 6.61 Å². The van der Waals surface area contributed by atoms with Crippen molar-refractivity contribution in [1.82, 2.24) is 0 Å². The van der Waals surface area contributed by atoms with E-state index >= 15 is 0 Å². The highest BCUT2D eigenvalue weighted by atomic mass is 16.5. The summed E-state index contributed by atoms with van der Waals surface area (Å²) in [6, 6.07) is 0. The Morgan fingerprint density at radius 3 is 1.57 bits per heavy atom. The van der Waals surface area contributed by atoms with Gasteiger partial charge < -0.3 is 4.74 Å². The Bertz CT molecular complexity index is 276. The zero-order valence-electron chi connectivity index (χ0n) is 14.0. The van der Waals surface area contributed by atoms with Gasteiger partial charge in [0, 0.05) is 6.08 Å². The second-order valence-corrected chi connectivity index (χ2v) is 6.30. The van der Waals surface area contributed by atoms with E-state index in [9.17, 15) is 4.79 Å². The summed E-state index contributed by atoms with van der Waals surface area (Å²) in [5, 5.41) is 0. The van der Waals surface area contributed by atoms with Crippen LogP contribution in [0.2, 0.25) is 0 Å². The van der Waals surface area contributed by atoms with E-state index in [1.807, 2.05) is 6.92 Å². The van der Waals surface area contributed by atoms with Gasteiger partial charge in [0.05, 0.1) is 6.61 Å². The van der Waals surface area contributed by atoms with E-state index in [4.69, 9.17) is 4.74 Å². The third-order valence-electron chi connectivity index (χ3n) is 4.35. The van der Waals surface area contributed by atoms with Gasteiger partial charge in [-0.25, -0.2) is 4.79 Å². The summed E-state index contributed by atoms with van der Waals surface area (Å²) in [6.45, 7) is 2.34. The predicted octanol–water partition coefficient (Wildman–Crippen LogP) is 5.95. The molecule has 0 spiro atoms. The number of hydrogen-bond donors (Lipinski definition) is 0. The highest BCUT2D eigenvalue weighted by molar-refractivity contribution is 5.82. The van der Waals surface area contributed by atoms with Gasteiger partial charge >= 0.3 is 5.97 Å². The van der Waals surface area contributed by atoms with Gasteiger partial charge in [0.2, 0.25) is 0 Å². The topological polar surface area (TPSA) is 26.3 Å². The first-order valence-electron chi connectivity index (χ1n) is 9.19. The van der Waals surface area contributed by atoms with E-state index < -0.39 is 0 Å². The molecule has 1 rings (SSSR count). The van der Waals surface area contributed by atoms with Gasteiger partial charge in [-0.15, -0.1) is 0 Å². The molecule has 1 fully saturated rings. The van der Waals surface area contributed by atoms with Crippen LogP contribution in [-0.4, -0.2) is 12.6 Å². The maximum absolute atomic E-state index is 11.6. The first-order valence-corrected chi connectivity index (χ1v) is 9.19. The standard InChI is InChI=1S/C19H34O2/c1-2-21-19(20)17-18-15-13-11-9-7-5-3-4-6-8-10-12-14-16-18/h17H,2-16H2,1H3. The molecule has 122 valence electrons. The van der Waals surface area contributed by atoms with Crippen molar-refractivity contribution >= 4 is 5.97 Å². The van der Waals surface area contributed by atoms with Crippen molar-refractivity contribution in [2.24, 2.45) is 0 Å². The van der Waals surface area contributed by atoms with Crippen LogP contribution in [0.5, 0.6) is 0 Å². The van der Waals surface area contributed by atoms with E-state index in [1.165, 1.54) is 82.6 Å². The molecule has 1 aliphatic carbocycles. The number of hydrogen-bond acceptors (Lipinski definition) is 2. The largest absolute Gasteiger partial charge is 0.463 e. The Kier molecular flexibility index (Phi) is 11.2. The van der Waals surface area contributed by atoms with Crippen LogP contribution < -0.4 is 0 Å². The Morgan fingerprint density at radius 2 is 1.19 bits per heavy atom. The minimum Gasteiger partial charge on any atom is -0.463 e. The Morgan fingerprint density at radius 1 is 0.810 bits per heavy atom. The first kappa shape index (κ1) is 18.3. The summed E-state index contributed by atoms with van der Waals surface area (Å²) in [4.78, 5) is 11.6. The Hall–Kier alpha value is -0.790. The Labute approximate surface area is 131 Å². The van der Waals surface area contributed by atoms with Crippen LogP contribution in [0.25, 0.3) is 0 Å². The minimum absolute atomic E-state index is 0.148. The molecule has 0 N–H and O–H groups in total. The zero-order chi connectivity index (χ0) is 15.2. The van der Waals surface area contributed by atoms with Gasteiger partial charge in [-0.05, 0) is 32.6 Å². The maximum Gasteiger partial charge on any atom is 0.330 e. The van der Waals surface area contributed by atoms with Gasteiger partial charge in [0.15, 0.2) is 0 Å². The number of carbonyl (C=O) groups excluding carboxylic acids is 1. The number of ether oxygens (including phenoxy) is 1. The van der Waals surface area contributed by atoms with Crippen molar-refractivity contribution in [3.63, 3.8) is 0 Å². The molecule has 0 aromatic rings. The van der Waals surface area contributed by atoms with Crippen molar-refractivity contribution < 1.29 is 9.53 Å². The average Bonchev–Trinajstić information content (AvgIpc) is 2.47. The summed E-state index contributed by atoms with van der Waals surface area (Å²) < 4.78 is 5.06. The number of esters is 1. The molecular formula is C19H34O2. The predicted molar refractivity (Wildman–Crippen MR) is 89.4 cm³/mol. The summed E-state index contributed by atoms with van der Waals surface area (Å²) in [7, 11) is 0. The van der Waals surface area contributed by atoms with Crippen LogP contribution in [0.4, 0.5) is 0 Å². The molecule has 0 atom stereocenters. The third-order valence-corrected chi connectivity index (χ3v) is 4.35. The molecule has 2 nitrogen and oxygen atoms in total. The van der Waals surface area contributed by atoms with E-state index in [0.717, 1.165) is 12.8 Å². The van der Waals surface area contributed by atoms with Crippen LogP contribution in [0.1, 0.15) is 96.8 Å². The number of carbonyl (C=O) groups is 1. The van der Waals surface area contributed by atoms with E-state index in [-0.39, 0.29) is 5.97 Å². The lowest BCUT2D eigenvalue weighted by atomic mass is 10.00. The van der Waals surface area contributed by atoms with Crippen LogP contribution in [-0.2, 0) is 9.53 Å². The van der Waals surface area contributed by atoms with Crippen molar-refractivity contribution in [1.29, 1.82) is 0 Å². The Balaban J connectivity index is 2.41. The van der Waals surface area contributed by atoms with Crippen molar-refractivity contribution in [3.8, 4) is 0 Å². The second kappa shape index (κ2) is 12.9. The molecule has 0 aromatic carbocycles. The smallest absolute Gasteiger partial charge is 0.330 e. The summed E-state index contributed by atoms with van der Waals surface area (Å²) in [5.41, 5.74) is 1.31. The molecule has 0 bridgehead atoms. The van der Waals surface area contributed by atoms with Gasteiger partial charge in [-0.1, -0.05) is 69.8 Å². The number of rotatable bonds is 2.